The number of urea groups is 1. The number of hydrogen-bond acceptors (Lipinski definition) is 3. The van der Waals surface area contributed by atoms with Gasteiger partial charge in [-0.15, -0.1) is 0 Å². The molecule has 6 heteroatoms. The largest absolute Gasteiger partial charge is 0.343 e. The van der Waals surface area contributed by atoms with Crippen LogP contribution in [0, 0.1) is 0 Å². The minimum absolute atomic E-state index is 0.0294. The standard InChI is InChI=1S/C26H28N2O3S/c1-5-19-12-16-22(17-13-19)28-25(29)27(23-8-6-7-9-24(23)32(28,30)31)18-20-10-14-21(15-11-20)26(2,3)4/h6-17H,5,18H2,1-4H3. The van der Waals surface area contributed by atoms with Crippen LogP contribution in [0.4, 0.5) is 16.2 Å². The van der Waals surface area contributed by atoms with E-state index in [0.29, 0.717) is 11.4 Å². The third-order valence-electron chi connectivity index (χ3n) is 5.82. The number of fused-ring (bicyclic) bond motifs is 1. The Labute approximate surface area is 190 Å². The van der Waals surface area contributed by atoms with E-state index in [1.807, 2.05) is 31.2 Å². The summed E-state index contributed by atoms with van der Waals surface area (Å²) in [6.45, 7) is 8.76. The lowest BCUT2D eigenvalue weighted by atomic mass is 9.87. The first kappa shape index (κ1) is 22.1. The molecule has 1 aliphatic heterocycles. The van der Waals surface area contributed by atoms with Gasteiger partial charge in [0.15, 0.2) is 0 Å². The van der Waals surface area contributed by atoms with Crippen molar-refractivity contribution in [3.05, 3.63) is 89.5 Å². The molecular weight excluding hydrogens is 420 g/mol. The molecule has 0 radical (unpaired) electrons. The first-order chi connectivity index (χ1) is 15.1. The normalized spacial score (nSPS) is 15.6. The number of carbonyl (C=O) groups is 1. The lowest BCUT2D eigenvalue weighted by Gasteiger charge is -2.36. The number of para-hydroxylation sites is 1. The molecule has 0 fully saturated rings. The molecule has 1 aliphatic rings. The van der Waals surface area contributed by atoms with Crippen LogP contribution < -0.4 is 9.21 Å². The number of rotatable bonds is 4. The molecule has 32 heavy (non-hydrogen) atoms. The summed E-state index contributed by atoms with van der Waals surface area (Å²) in [6, 6.07) is 21.3. The Morgan fingerprint density at radius 2 is 1.41 bits per heavy atom. The Morgan fingerprint density at radius 1 is 0.812 bits per heavy atom. The van der Waals surface area contributed by atoms with E-state index in [9.17, 15) is 13.2 Å². The summed E-state index contributed by atoms with van der Waals surface area (Å²) in [5, 5.41) is 0. The average Bonchev–Trinajstić information content (AvgIpc) is 2.77. The van der Waals surface area contributed by atoms with Gasteiger partial charge in [-0.2, -0.15) is 4.31 Å². The number of hydrogen-bond donors (Lipinski definition) is 0. The first-order valence-corrected chi connectivity index (χ1v) is 12.2. The van der Waals surface area contributed by atoms with Crippen molar-refractivity contribution in [3.8, 4) is 0 Å². The second-order valence-electron chi connectivity index (χ2n) is 9.07. The molecule has 0 spiro atoms. The molecule has 0 atom stereocenters. The fourth-order valence-corrected chi connectivity index (χ4v) is 5.47. The number of carbonyl (C=O) groups excluding carboxylic acids is 1. The van der Waals surface area contributed by atoms with Crippen molar-refractivity contribution in [2.24, 2.45) is 0 Å². The van der Waals surface area contributed by atoms with Crippen LogP contribution in [0.5, 0.6) is 0 Å². The molecule has 3 aromatic rings. The Balaban J connectivity index is 1.77. The molecule has 1 heterocycles. The maximum Gasteiger partial charge on any atom is 0.343 e. The topological polar surface area (TPSA) is 57.7 Å². The molecule has 3 aromatic carbocycles. The molecule has 0 aliphatic carbocycles. The van der Waals surface area contributed by atoms with Crippen LogP contribution in [0.15, 0.2) is 77.7 Å². The third kappa shape index (κ3) is 3.91. The van der Waals surface area contributed by atoms with Crippen molar-refractivity contribution in [3.63, 3.8) is 0 Å². The fourth-order valence-electron chi connectivity index (χ4n) is 3.87. The van der Waals surface area contributed by atoms with Crippen LogP contribution in [-0.2, 0) is 28.4 Å². The number of benzene rings is 3. The maximum absolute atomic E-state index is 13.6. The van der Waals surface area contributed by atoms with Gasteiger partial charge in [0, 0.05) is 0 Å². The van der Waals surface area contributed by atoms with Crippen molar-refractivity contribution in [2.45, 2.75) is 51.0 Å². The molecule has 0 N–H and O–H groups in total. The predicted molar refractivity (Wildman–Crippen MR) is 129 cm³/mol. The monoisotopic (exact) mass is 448 g/mol. The van der Waals surface area contributed by atoms with Crippen molar-refractivity contribution < 1.29 is 13.2 Å². The van der Waals surface area contributed by atoms with E-state index in [1.165, 1.54) is 10.5 Å². The predicted octanol–water partition coefficient (Wildman–Crippen LogP) is 5.88. The highest BCUT2D eigenvalue weighted by molar-refractivity contribution is 7.94. The van der Waals surface area contributed by atoms with E-state index in [2.05, 4.69) is 32.9 Å². The summed E-state index contributed by atoms with van der Waals surface area (Å²) in [5.41, 5.74) is 3.98. The molecule has 0 saturated carbocycles. The van der Waals surface area contributed by atoms with Crippen LogP contribution in [0.25, 0.3) is 0 Å². The zero-order valence-electron chi connectivity index (χ0n) is 18.9. The van der Waals surface area contributed by atoms with Gasteiger partial charge in [0.05, 0.1) is 17.9 Å². The van der Waals surface area contributed by atoms with Crippen LogP contribution >= 0.6 is 0 Å². The molecule has 0 bridgehead atoms. The van der Waals surface area contributed by atoms with E-state index >= 15 is 0 Å². The van der Waals surface area contributed by atoms with Gasteiger partial charge in [0.1, 0.15) is 4.90 Å². The molecule has 4 rings (SSSR count). The van der Waals surface area contributed by atoms with E-state index in [4.69, 9.17) is 0 Å². The van der Waals surface area contributed by atoms with Crippen molar-refractivity contribution >= 4 is 27.4 Å². The molecule has 2 amide bonds. The fraction of sp³-hybridized carbons (Fsp3) is 0.269. The lowest BCUT2D eigenvalue weighted by molar-refractivity contribution is 0.253. The molecule has 0 aromatic heterocycles. The first-order valence-electron chi connectivity index (χ1n) is 10.8. The van der Waals surface area contributed by atoms with E-state index in [1.54, 1.807) is 36.4 Å². The Morgan fingerprint density at radius 3 is 2.00 bits per heavy atom. The van der Waals surface area contributed by atoms with Gasteiger partial charge in [-0.3, -0.25) is 4.90 Å². The summed E-state index contributed by atoms with van der Waals surface area (Å²) in [6.07, 6.45) is 0.834. The molecule has 166 valence electrons. The number of sulfonamides is 1. The van der Waals surface area contributed by atoms with E-state index in [0.717, 1.165) is 21.9 Å². The SMILES string of the molecule is CCc1ccc(N2C(=O)N(Cc3ccc(C(C)(C)C)cc3)c3ccccc3S2(=O)=O)cc1. The second-order valence-corrected chi connectivity index (χ2v) is 10.8. The Bertz CT molecular complexity index is 1240. The van der Waals surface area contributed by atoms with E-state index in [-0.39, 0.29) is 16.9 Å². The van der Waals surface area contributed by atoms with Gasteiger partial charge >= 0.3 is 6.03 Å². The van der Waals surface area contributed by atoms with Gasteiger partial charge in [-0.1, -0.05) is 76.2 Å². The van der Waals surface area contributed by atoms with Gasteiger partial charge in [0.2, 0.25) is 0 Å². The smallest absolute Gasteiger partial charge is 0.287 e. The number of nitrogens with zero attached hydrogens (tertiary/aromatic N) is 2. The second kappa shape index (κ2) is 8.10. The van der Waals surface area contributed by atoms with Gasteiger partial charge < -0.3 is 0 Å². The summed E-state index contributed by atoms with van der Waals surface area (Å²) in [4.78, 5) is 15.2. The minimum atomic E-state index is -4.01. The summed E-state index contributed by atoms with van der Waals surface area (Å²) >= 11 is 0. The highest BCUT2D eigenvalue weighted by Crippen LogP contribution is 2.38. The number of anilines is 2. The molecule has 5 nitrogen and oxygen atoms in total. The van der Waals surface area contributed by atoms with Crippen molar-refractivity contribution in [1.29, 1.82) is 0 Å². The molecular formula is C26H28N2O3S. The van der Waals surface area contributed by atoms with Gasteiger partial charge in [-0.25, -0.2) is 13.2 Å². The van der Waals surface area contributed by atoms with Gasteiger partial charge in [-0.05, 0) is 52.8 Å². The van der Waals surface area contributed by atoms with Gasteiger partial charge in [0.25, 0.3) is 10.0 Å². The number of aryl methyl sites for hydroxylation is 1. The highest BCUT2D eigenvalue weighted by atomic mass is 32.2. The van der Waals surface area contributed by atoms with Crippen LogP contribution in [-0.4, -0.2) is 14.4 Å². The van der Waals surface area contributed by atoms with Crippen LogP contribution in [0.1, 0.15) is 44.4 Å². The lowest BCUT2D eigenvalue weighted by Crippen LogP contribution is -2.50. The van der Waals surface area contributed by atoms with Crippen molar-refractivity contribution in [2.75, 3.05) is 9.21 Å². The summed E-state index contributed by atoms with van der Waals surface area (Å²) in [5.74, 6) is 0. The molecule has 0 saturated heterocycles. The molecule has 0 unspecified atom stereocenters. The zero-order valence-corrected chi connectivity index (χ0v) is 19.7. The van der Waals surface area contributed by atoms with Crippen LogP contribution in [0.3, 0.4) is 0 Å². The van der Waals surface area contributed by atoms with Crippen LogP contribution in [0.2, 0.25) is 0 Å². The Kier molecular flexibility index (Phi) is 5.59. The minimum Gasteiger partial charge on any atom is -0.287 e. The quantitative estimate of drug-likeness (QED) is 0.501. The average molecular weight is 449 g/mol. The number of amides is 2. The van der Waals surface area contributed by atoms with E-state index < -0.39 is 16.1 Å². The zero-order chi connectivity index (χ0) is 23.1. The van der Waals surface area contributed by atoms with Crippen molar-refractivity contribution in [1.82, 2.24) is 0 Å². The Hall–Kier alpha value is -3.12. The summed E-state index contributed by atoms with van der Waals surface area (Å²) < 4.78 is 27.7. The highest BCUT2D eigenvalue weighted by Gasteiger charge is 2.42. The maximum atomic E-state index is 13.6. The summed E-state index contributed by atoms with van der Waals surface area (Å²) in [7, 11) is -4.01. The third-order valence-corrected chi connectivity index (χ3v) is 7.57.